The molecular formula is C44H56F2O7S2. The fraction of sp³-hybridized carbons (Fsp3) is 0.545. The normalized spacial score (nSPS) is 22.8. The number of carbonyl (C=O) groups excluding carboxylic acids is 2. The summed E-state index contributed by atoms with van der Waals surface area (Å²) in [6, 6.07) is 30.7. The number of hydrogen-bond acceptors (Lipinski definition) is 7. The maximum atomic E-state index is 13.6. The van der Waals surface area contributed by atoms with Crippen molar-refractivity contribution in [1.82, 2.24) is 0 Å². The minimum Gasteiger partial charge on any atom is -0.743 e. The second-order valence-electron chi connectivity index (χ2n) is 18.3. The molecule has 0 heterocycles. The lowest BCUT2D eigenvalue weighted by molar-refractivity contribution is -0.221. The van der Waals surface area contributed by atoms with E-state index in [1.54, 1.807) is 0 Å². The molecule has 0 aliphatic heterocycles. The number of benzene rings is 3. The van der Waals surface area contributed by atoms with Gasteiger partial charge in [0.2, 0.25) is 0 Å². The standard InChI is InChI=1S/C22H34F2O7S.C22H23S/c1-18(2,21-10-13-7-14(11-21)9-15(8-13)12-21)16(25)30-19(3,4)20(5,6)31-17(26)22(23,24)32(27,28)29;1-22(2,3)18-14-16-21(17-15-18)23(19-10-6-4-7-11-19)20-12-8-5-9-13-20/h13-15H,7-12H2,1-6H3,(H,27,28,29);4-17H,1-3H3/q;+1/p-1. The fourth-order valence-corrected chi connectivity index (χ4v) is 11.0. The minimum absolute atomic E-state index is 0.0497. The Labute approximate surface area is 329 Å². The number of rotatable bonds is 10. The van der Waals surface area contributed by atoms with Crippen molar-refractivity contribution in [2.24, 2.45) is 28.6 Å². The summed E-state index contributed by atoms with van der Waals surface area (Å²) in [6.45, 7) is 15.7. The summed E-state index contributed by atoms with van der Waals surface area (Å²) >= 11 is 0. The van der Waals surface area contributed by atoms with E-state index in [4.69, 9.17) is 9.47 Å². The Balaban J connectivity index is 0.000000222. The van der Waals surface area contributed by atoms with Crippen LogP contribution in [-0.2, 0) is 45.5 Å². The first-order valence-electron chi connectivity index (χ1n) is 19.0. The molecule has 55 heavy (non-hydrogen) atoms. The zero-order chi connectivity index (χ0) is 40.8. The van der Waals surface area contributed by atoms with Crippen molar-refractivity contribution in [3.05, 3.63) is 90.5 Å². The van der Waals surface area contributed by atoms with Crippen molar-refractivity contribution < 1.29 is 40.8 Å². The van der Waals surface area contributed by atoms with Crippen LogP contribution in [0.1, 0.15) is 106 Å². The summed E-state index contributed by atoms with van der Waals surface area (Å²) in [4.78, 5) is 29.3. The van der Waals surface area contributed by atoms with Gasteiger partial charge >= 0.3 is 17.2 Å². The van der Waals surface area contributed by atoms with Crippen molar-refractivity contribution in [2.75, 3.05) is 0 Å². The van der Waals surface area contributed by atoms with Gasteiger partial charge in [-0.3, -0.25) is 4.79 Å². The van der Waals surface area contributed by atoms with Gasteiger partial charge in [-0.2, -0.15) is 8.78 Å². The maximum Gasteiger partial charge on any atom is 0.428 e. The first kappa shape index (κ1) is 42.9. The van der Waals surface area contributed by atoms with Crippen LogP contribution in [-0.4, -0.2) is 41.4 Å². The third-order valence-electron chi connectivity index (χ3n) is 12.5. The van der Waals surface area contributed by atoms with Crippen LogP contribution in [0, 0.1) is 28.6 Å². The highest BCUT2D eigenvalue weighted by Gasteiger charge is 2.61. The predicted molar refractivity (Wildman–Crippen MR) is 210 cm³/mol. The SMILES string of the molecule is CC(C)(C)c1ccc([S+](c2ccccc2)c2ccccc2)cc1.CC(C)(OC(=O)C(C)(C)C12CC3CC(CC(C3)C1)C2)C(C)(C)OC(=O)C(F)(F)S(=O)(=O)[O-]. The molecule has 0 unspecified atom stereocenters. The number of ether oxygens (including phenoxy) is 2. The van der Waals surface area contributed by atoms with E-state index < -0.39 is 43.9 Å². The molecule has 3 aromatic carbocycles. The van der Waals surface area contributed by atoms with Crippen LogP contribution in [0.15, 0.2) is 99.6 Å². The van der Waals surface area contributed by atoms with Crippen LogP contribution in [0.25, 0.3) is 0 Å². The maximum absolute atomic E-state index is 13.6. The van der Waals surface area contributed by atoms with Gasteiger partial charge in [0.15, 0.2) is 24.8 Å². The summed E-state index contributed by atoms with van der Waals surface area (Å²) in [7, 11) is -6.31. The second-order valence-corrected chi connectivity index (χ2v) is 21.7. The van der Waals surface area contributed by atoms with Gasteiger partial charge in [0, 0.05) is 0 Å². The Morgan fingerprint density at radius 2 is 1.00 bits per heavy atom. The van der Waals surface area contributed by atoms with Crippen LogP contribution in [0.4, 0.5) is 8.78 Å². The minimum atomic E-state index is -6.26. The molecule has 4 saturated carbocycles. The van der Waals surface area contributed by atoms with Gasteiger partial charge in [0.05, 0.1) is 16.3 Å². The molecule has 4 aliphatic rings. The third-order valence-corrected chi connectivity index (χ3v) is 15.5. The zero-order valence-electron chi connectivity index (χ0n) is 33.5. The topological polar surface area (TPSA) is 110 Å². The number of alkyl halides is 2. The number of halogens is 2. The Morgan fingerprint density at radius 3 is 1.36 bits per heavy atom. The highest BCUT2D eigenvalue weighted by molar-refractivity contribution is 7.97. The Bertz CT molecular complexity index is 1860. The van der Waals surface area contributed by atoms with E-state index in [0.29, 0.717) is 17.8 Å². The summed E-state index contributed by atoms with van der Waals surface area (Å²) < 4.78 is 70.0. The first-order valence-corrected chi connectivity index (χ1v) is 21.7. The molecule has 4 bridgehead atoms. The molecule has 0 spiro atoms. The molecule has 0 saturated heterocycles. The molecule has 0 atom stereocenters. The van der Waals surface area contributed by atoms with Gasteiger partial charge in [-0.05, 0) is 151 Å². The van der Waals surface area contributed by atoms with Gasteiger partial charge in [0.25, 0.3) is 0 Å². The molecule has 11 heteroatoms. The van der Waals surface area contributed by atoms with Crippen molar-refractivity contribution in [3.8, 4) is 0 Å². The van der Waals surface area contributed by atoms with E-state index in [9.17, 15) is 31.3 Å². The molecule has 300 valence electrons. The molecule has 4 aliphatic carbocycles. The Hall–Kier alpha value is -3.28. The lowest BCUT2D eigenvalue weighted by atomic mass is 9.43. The molecular weight excluding hydrogens is 743 g/mol. The lowest BCUT2D eigenvalue weighted by Crippen LogP contribution is -2.59. The Morgan fingerprint density at radius 1 is 0.636 bits per heavy atom. The van der Waals surface area contributed by atoms with Crippen molar-refractivity contribution in [1.29, 1.82) is 0 Å². The average molecular weight is 799 g/mol. The molecule has 3 aromatic rings. The van der Waals surface area contributed by atoms with Gasteiger partial charge in [-0.1, -0.05) is 69.3 Å². The zero-order valence-corrected chi connectivity index (χ0v) is 35.1. The van der Waals surface area contributed by atoms with E-state index in [2.05, 4.69) is 106 Å². The van der Waals surface area contributed by atoms with E-state index in [1.165, 1.54) is 67.2 Å². The van der Waals surface area contributed by atoms with E-state index >= 15 is 0 Å². The van der Waals surface area contributed by atoms with Gasteiger partial charge in [0.1, 0.15) is 11.2 Å². The van der Waals surface area contributed by atoms with Crippen molar-refractivity contribution >= 4 is 33.0 Å². The molecule has 7 rings (SSSR count). The fourth-order valence-electron chi connectivity index (χ4n) is 8.70. The average Bonchev–Trinajstić information content (AvgIpc) is 3.08. The van der Waals surface area contributed by atoms with Crippen LogP contribution in [0.2, 0.25) is 0 Å². The summed E-state index contributed by atoms with van der Waals surface area (Å²) in [5.74, 6) is -1.20. The van der Waals surface area contributed by atoms with Crippen LogP contribution in [0.5, 0.6) is 0 Å². The molecule has 0 amide bonds. The smallest absolute Gasteiger partial charge is 0.428 e. The van der Waals surface area contributed by atoms with E-state index in [1.807, 2.05) is 13.8 Å². The molecule has 4 fully saturated rings. The summed E-state index contributed by atoms with van der Waals surface area (Å²) in [5.41, 5.74) is -2.89. The second kappa shape index (κ2) is 15.2. The molecule has 0 N–H and O–H groups in total. The van der Waals surface area contributed by atoms with Crippen molar-refractivity contribution in [3.63, 3.8) is 0 Å². The van der Waals surface area contributed by atoms with Crippen LogP contribution in [0.3, 0.4) is 0 Å². The third kappa shape index (κ3) is 8.84. The van der Waals surface area contributed by atoms with Crippen LogP contribution < -0.4 is 0 Å². The Kier molecular flexibility index (Phi) is 11.9. The largest absolute Gasteiger partial charge is 0.743 e. The summed E-state index contributed by atoms with van der Waals surface area (Å²) in [5, 5.41) is -5.25. The highest BCUT2D eigenvalue weighted by atomic mass is 32.2. The molecule has 0 radical (unpaired) electrons. The number of hydrogen-bond donors (Lipinski definition) is 0. The van der Waals surface area contributed by atoms with Crippen LogP contribution >= 0.6 is 0 Å². The number of esters is 2. The lowest BCUT2D eigenvalue weighted by Gasteiger charge is -2.61. The highest BCUT2D eigenvalue weighted by Crippen LogP contribution is 2.66. The molecule has 0 aromatic heterocycles. The number of carbonyl (C=O) groups is 2. The quantitative estimate of drug-likeness (QED) is 0.114. The molecule has 7 nitrogen and oxygen atoms in total. The van der Waals surface area contributed by atoms with E-state index in [-0.39, 0.29) is 21.7 Å². The van der Waals surface area contributed by atoms with Gasteiger partial charge in [-0.15, -0.1) is 0 Å². The van der Waals surface area contributed by atoms with Crippen molar-refractivity contribution in [2.45, 2.75) is 137 Å². The van der Waals surface area contributed by atoms with Gasteiger partial charge < -0.3 is 14.0 Å². The summed E-state index contributed by atoms with van der Waals surface area (Å²) in [6.07, 6.45) is 6.47. The monoisotopic (exact) mass is 798 g/mol. The first-order chi connectivity index (χ1) is 25.3. The predicted octanol–water partition coefficient (Wildman–Crippen LogP) is 10.1. The van der Waals surface area contributed by atoms with Gasteiger partial charge in [-0.25, -0.2) is 13.2 Å². The van der Waals surface area contributed by atoms with E-state index in [0.717, 1.165) is 19.3 Å².